The van der Waals surface area contributed by atoms with Crippen LogP contribution in [-0.4, -0.2) is 183 Å². The summed E-state index contributed by atoms with van der Waals surface area (Å²) in [6.45, 7) is 0.315. The maximum absolute atomic E-state index is 11.1. The van der Waals surface area contributed by atoms with Crippen molar-refractivity contribution < 1.29 is 54.9 Å². The zero-order chi connectivity index (χ0) is 27.7. The number of hydrogen-bond donors (Lipinski definition) is 8. The second-order valence-electron chi connectivity index (χ2n) is 8.52. The molecule has 0 spiro atoms. The average Bonchev–Trinajstić information content (AvgIpc) is 2.79. The number of hydrogen-bond acceptors (Lipinski definition) is 12. The van der Waals surface area contributed by atoms with Crippen molar-refractivity contribution in [3.63, 3.8) is 0 Å². The Bertz CT molecular complexity index is 573. The number of carboxylic acid groups (broad SMARTS) is 4. The van der Waals surface area contributed by atoms with Gasteiger partial charge >= 0.3 is 23.9 Å². The molecule has 0 radical (unpaired) electrons. The van der Waals surface area contributed by atoms with Crippen molar-refractivity contribution in [3.05, 3.63) is 0 Å². The highest BCUT2D eigenvalue weighted by molar-refractivity contribution is 5.70. The van der Waals surface area contributed by atoms with Crippen LogP contribution in [-0.2, 0) is 19.2 Å². The Kier molecular flexibility index (Phi) is 16.7. The van der Waals surface area contributed by atoms with E-state index >= 15 is 0 Å². The second-order valence-corrected chi connectivity index (χ2v) is 8.52. The summed E-state index contributed by atoms with van der Waals surface area (Å²) in [5.74, 6) is -4.08. The molecule has 0 saturated carbocycles. The summed E-state index contributed by atoms with van der Waals surface area (Å²) in [6, 6.07) is 0. The molecule has 0 amide bonds. The number of nitrogens with zero attached hydrogens (tertiary/aromatic N) is 4. The smallest absolute Gasteiger partial charge is 0.317 e. The highest BCUT2D eigenvalue weighted by Crippen LogP contribution is 2.01. The van der Waals surface area contributed by atoms with E-state index < -0.39 is 49.2 Å². The van der Waals surface area contributed by atoms with Crippen LogP contribution in [0.15, 0.2) is 0 Å². The van der Waals surface area contributed by atoms with Crippen LogP contribution in [0.1, 0.15) is 0 Å². The second kappa shape index (κ2) is 17.9. The van der Waals surface area contributed by atoms with Crippen molar-refractivity contribution in [3.8, 4) is 0 Å². The van der Waals surface area contributed by atoms with E-state index in [0.717, 1.165) is 0 Å². The predicted molar refractivity (Wildman–Crippen MR) is 124 cm³/mol. The van der Waals surface area contributed by atoms with Crippen LogP contribution in [0.5, 0.6) is 0 Å². The largest absolute Gasteiger partial charge is 0.480 e. The maximum atomic E-state index is 11.1. The molecule has 210 valence electrons. The third kappa shape index (κ3) is 16.3. The standard InChI is InChI=1S/C16H28N4O8.C4H11NO3/c21-13(22)9-17-1-2-18(10-14(23)24)5-6-20(12-16(27)28)8-7-19(4-3-17)11-15(25)26;5-4(1-6,2-7)3-8/h1-12H2,(H,21,22)(H,23,24)(H,25,26)(H,27,28);6-8H,1-3,5H2. The van der Waals surface area contributed by atoms with Gasteiger partial charge in [-0.2, -0.15) is 0 Å². The SMILES string of the molecule is NC(CO)(CO)CO.O=C(O)CN1CCN(CC(=O)O)CCN(CC(=O)O)CCN(CC(=O)O)CC1. The fourth-order valence-corrected chi connectivity index (χ4v) is 3.13. The molecule has 0 unspecified atom stereocenters. The Morgan fingerprint density at radius 1 is 0.500 bits per heavy atom. The van der Waals surface area contributed by atoms with Crippen LogP contribution in [0.25, 0.3) is 0 Å². The summed E-state index contributed by atoms with van der Waals surface area (Å²) in [4.78, 5) is 50.9. The van der Waals surface area contributed by atoms with Crippen molar-refractivity contribution in [2.24, 2.45) is 5.73 Å². The van der Waals surface area contributed by atoms with E-state index in [1.807, 2.05) is 0 Å². The van der Waals surface area contributed by atoms with E-state index in [9.17, 15) is 19.2 Å². The Hall–Kier alpha value is -2.44. The van der Waals surface area contributed by atoms with E-state index in [-0.39, 0.29) is 26.2 Å². The van der Waals surface area contributed by atoms with Gasteiger partial charge in [-0.1, -0.05) is 0 Å². The average molecular weight is 526 g/mol. The number of nitrogens with two attached hydrogens (primary N) is 1. The van der Waals surface area contributed by atoms with Gasteiger partial charge in [0.25, 0.3) is 0 Å². The third-order valence-corrected chi connectivity index (χ3v) is 5.31. The van der Waals surface area contributed by atoms with Crippen LogP contribution in [0.4, 0.5) is 0 Å². The number of aliphatic carboxylic acids is 4. The van der Waals surface area contributed by atoms with Gasteiger partial charge < -0.3 is 41.5 Å². The first-order chi connectivity index (χ1) is 16.8. The predicted octanol–water partition coefficient (Wildman–Crippen LogP) is -4.79. The number of carboxylic acids is 4. The van der Waals surface area contributed by atoms with Gasteiger partial charge in [0.05, 0.1) is 51.5 Å². The minimum absolute atomic E-state index is 0.229. The van der Waals surface area contributed by atoms with Crippen molar-refractivity contribution in [1.82, 2.24) is 19.6 Å². The van der Waals surface area contributed by atoms with Gasteiger partial charge in [-0.05, 0) is 0 Å². The number of carbonyl (C=O) groups is 4. The normalized spacial score (nSPS) is 17.8. The van der Waals surface area contributed by atoms with Gasteiger partial charge in [-0.25, -0.2) is 0 Å². The molecule has 16 heteroatoms. The van der Waals surface area contributed by atoms with Crippen molar-refractivity contribution >= 4 is 23.9 Å². The first kappa shape index (κ1) is 33.6. The number of rotatable bonds is 11. The van der Waals surface area contributed by atoms with Gasteiger partial charge in [-0.15, -0.1) is 0 Å². The lowest BCUT2D eigenvalue weighted by Crippen LogP contribution is -2.50. The Morgan fingerprint density at radius 3 is 0.750 bits per heavy atom. The van der Waals surface area contributed by atoms with Gasteiger partial charge in [0, 0.05) is 52.4 Å². The molecule has 0 aromatic heterocycles. The zero-order valence-corrected chi connectivity index (χ0v) is 20.2. The summed E-state index contributed by atoms with van der Waals surface area (Å²) < 4.78 is 0. The molecule has 1 rings (SSSR count). The Balaban J connectivity index is 0.00000131. The summed E-state index contributed by atoms with van der Waals surface area (Å²) in [7, 11) is 0. The molecule has 9 N–H and O–H groups in total. The zero-order valence-electron chi connectivity index (χ0n) is 20.2. The minimum atomic E-state index is -1.21. The highest BCUT2D eigenvalue weighted by Gasteiger charge is 2.21. The summed E-state index contributed by atoms with van der Waals surface area (Å²) in [5.41, 5.74) is 3.94. The molecule has 0 atom stereocenters. The summed E-state index contributed by atoms with van der Waals surface area (Å²) in [5, 5.41) is 61.3. The van der Waals surface area contributed by atoms with E-state index in [1.165, 1.54) is 0 Å². The van der Waals surface area contributed by atoms with Crippen molar-refractivity contribution in [2.45, 2.75) is 5.54 Å². The lowest BCUT2D eigenvalue weighted by molar-refractivity contribution is -0.141. The fourth-order valence-electron chi connectivity index (χ4n) is 3.13. The summed E-state index contributed by atoms with van der Waals surface area (Å²) in [6.07, 6.45) is 0. The van der Waals surface area contributed by atoms with Crippen LogP contribution in [0.2, 0.25) is 0 Å². The Morgan fingerprint density at radius 2 is 0.667 bits per heavy atom. The Labute approximate surface area is 208 Å². The quantitative estimate of drug-likeness (QED) is 0.126. The lowest BCUT2D eigenvalue weighted by atomic mass is 10.1. The highest BCUT2D eigenvalue weighted by atomic mass is 16.4. The lowest BCUT2D eigenvalue weighted by Gasteiger charge is -2.32. The number of aliphatic hydroxyl groups is 3. The third-order valence-electron chi connectivity index (χ3n) is 5.31. The van der Waals surface area contributed by atoms with Crippen molar-refractivity contribution in [1.29, 1.82) is 0 Å². The van der Waals surface area contributed by atoms with E-state index in [4.69, 9.17) is 41.5 Å². The molecule has 36 heavy (non-hydrogen) atoms. The minimum Gasteiger partial charge on any atom is -0.480 e. The molecule has 0 bridgehead atoms. The molecule has 1 saturated heterocycles. The molecule has 1 heterocycles. The molecular formula is C20H39N5O11. The topological polar surface area (TPSA) is 249 Å². The number of aliphatic hydroxyl groups excluding tert-OH is 3. The fraction of sp³-hybridized carbons (Fsp3) is 0.800. The summed E-state index contributed by atoms with van der Waals surface area (Å²) >= 11 is 0. The molecule has 0 aromatic carbocycles. The first-order valence-electron chi connectivity index (χ1n) is 11.2. The van der Waals surface area contributed by atoms with Crippen molar-refractivity contribution in [2.75, 3.05) is 98.4 Å². The van der Waals surface area contributed by atoms with Gasteiger partial charge in [-0.3, -0.25) is 38.8 Å². The molecule has 1 aliphatic heterocycles. The van der Waals surface area contributed by atoms with Gasteiger partial charge in [0.15, 0.2) is 0 Å². The first-order valence-corrected chi connectivity index (χ1v) is 11.2. The van der Waals surface area contributed by atoms with Crippen LogP contribution >= 0.6 is 0 Å². The van der Waals surface area contributed by atoms with E-state index in [0.29, 0.717) is 52.4 Å². The molecular weight excluding hydrogens is 486 g/mol. The molecule has 0 aliphatic carbocycles. The molecule has 0 aromatic rings. The van der Waals surface area contributed by atoms with Gasteiger partial charge in [0.2, 0.25) is 0 Å². The van der Waals surface area contributed by atoms with Crippen LogP contribution in [0.3, 0.4) is 0 Å². The van der Waals surface area contributed by atoms with Crippen LogP contribution in [0, 0.1) is 0 Å². The molecule has 1 fully saturated rings. The molecule has 16 nitrogen and oxygen atoms in total. The van der Waals surface area contributed by atoms with E-state index in [2.05, 4.69) is 0 Å². The molecule has 1 aliphatic rings. The monoisotopic (exact) mass is 525 g/mol. The van der Waals surface area contributed by atoms with Gasteiger partial charge in [0.1, 0.15) is 0 Å². The van der Waals surface area contributed by atoms with Crippen LogP contribution < -0.4 is 5.73 Å². The maximum Gasteiger partial charge on any atom is 0.317 e. The van der Waals surface area contributed by atoms with E-state index in [1.54, 1.807) is 19.6 Å².